The van der Waals surface area contributed by atoms with E-state index in [0.29, 0.717) is 5.03 Å². The van der Waals surface area contributed by atoms with Crippen LogP contribution in [-0.4, -0.2) is 32.5 Å². The van der Waals surface area contributed by atoms with Gasteiger partial charge in [-0.1, -0.05) is 12.1 Å². The lowest BCUT2D eigenvalue weighted by atomic mass is 10.3. The minimum atomic E-state index is -1.05. The number of nitrogens with one attached hydrogen (secondary N) is 1. The third kappa shape index (κ3) is 2.08. The van der Waals surface area contributed by atoms with Gasteiger partial charge in [0.1, 0.15) is 5.03 Å². The molecular formula is C12H13N3OS. The second-order valence-corrected chi connectivity index (χ2v) is 5.79. The summed E-state index contributed by atoms with van der Waals surface area (Å²) in [7, 11) is -1.05. The number of rotatable bonds is 2. The van der Waals surface area contributed by atoms with E-state index in [1.54, 1.807) is 6.20 Å². The highest BCUT2D eigenvalue weighted by Crippen LogP contribution is 2.16. The summed E-state index contributed by atoms with van der Waals surface area (Å²) in [5.41, 5.74) is 1.65. The van der Waals surface area contributed by atoms with Crippen LogP contribution in [-0.2, 0) is 10.8 Å². The molecule has 1 aliphatic heterocycles. The van der Waals surface area contributed by atoms with Gasteiger partial charge >= 0.3 is 0 Å². The van der Waals surface area contributed by atoms with Crippen LogP contribution in [0.3, 0.4) is 0 Å². The van der Waals surface area contributed by atoms with E-state index in [1.165, 1.54) is 0 Å². The van der Waals surface area contributed by atoms with E-state index in [1.807, 2.05) is 24.3 Å². The number of hydrogen-bond donors (Lipinski definition) is 1. The molecule has 17 heavy (non-hydrogen) atoms. The van der Waals surface area contributed by atoms with Crippen LogP contribution in [0.2, 0.25) is 0 Å². The van der Waals surface area contributed by atoms with Gasteiger partial charge in [0, 0.05) is 6.54 Å². The summed E-state index contributed by atoms with van der Waals surface area (Å²) in [5.74, 6) is 0. The topological polar surface area (TPSA) is 54.9 Å². The number of hydrogen-bond acceptors (Lipinski definition) is 4. The van der Waals surface area contributed by atoms with Crippen LogP contribution < -0.4 is 5.32 Å². The van der Waals surface area contributed by atoms with Gasteiger partial charge in [0.15, 0.2) is 0 Å². The molecule has 0 unspecified atom stereocenters. The van der Waals surface area contributed by atoms with Crippen LogP contribution in [0.15, 0.2) is 35.5 Å². The highest BCUT2D eigenvalue weighted by molar-refractivity contribution is 7.85. The molecule has 5 heteroatoms. The Hall–Kier alpha value is -1.33. The van der Waals surface area contributed by atoms with Gasteiger partial charge in [-0.25, -0.2) is 4.98 Å². The highest BCUT2D eigenvalue weighted by atomic mass is 32.2. The quantitative estimate of drug-likeness (QED) is 0.863. The molecule has 2 heterocycles. The van der Waals surface area contributed by atoms with E-state index in [4.69, 9.17) is 0 Å². The molecule has 3 rings (SSSR count). The summed E-state index contributed by atoms with van der Waals surface area (Å²) in [6, 6.07) is 7.65. The van der Waals surface area contributed by atoms with Crippen molar-refractivity contribution in [2.45, 2.75) is 16.7 Å². The van der Waals surface area contributed by atoms with E-state index in [-0.39, 0.29) is 5.25 Å². The van der Waals surface area contributed by atoms with E-state index < -0.39 is 10.8 Å². The lowest BCUT2D eigenvalue weighted by Gasteiger charge is -2.07. The summed E-state index contributed by atoms with van der Waals surface area (Å²) in [5, 5.41) is 3.99. The fourth-order valence-electron chi connectivity index (χ4n) is 2.02. The third-order valence-corrected chi connectivity index (χ3v) is 4.57. The fourth-order valence-corrected chi connectivity index (χ4v) is 3.31. The average molecular weight is 247 g/mol. The van der Waals surface area contributed by atoms with E-state index >= 15 is 0 Å². The van der Waals surface area contributed by atoms with Crippen molar-refractivity contribution >= 4 is 21.8 Å². The van der Waals surface area contributed by atoms with Gasteiger partial charge in [0.05, 0.1) is 33.3 Å². The fraction of sp³-hybridized carbons (Fsp3) is 0.333. The van der Waals surface area contributed by atoms with Crippen LogP contribution in [0, 0.1) is 0 Å². The molecule has 0 bridgehead atoms. The molecule has 1 saturated heterocycles. The molecule has 0 radical (unpaired) electrons. The summed E-state index contributed by atoms with van der Waals surface area (Å²) >= 11 is 0. The average Bonchev–Trinajstić information content (AvgIpc) is 2.91. The first-order chi connectivity index (χ1) is 8.34. The summed E-state index contributed by atoms with van der Waals surface area (Å²) in [6.45, 7) is 1.75. The highest BCUT2D eigenvalue weighted by Gasteiger charge is 2.23. The first kappa shape index (κ1) is 10.8. The molecule has 1 N–H and O–H groups in total. The minimum absolute atomic E-state index is 0.172. The third-order valence-electron chi connectivity index (χ3n) is 2.95. The normalized spacial score (nSPS) is 21.8. The number of aromatic nitrogens is 2. The van der Waals surface area contributed by atoms with Crippen molar-refractivity contribution in [3.8, 4) is 0 Å². The second-order valence-electron chi connectivity index (χ2n) is 4.11. The van der Waals surface area contributed by atoms with E-state index in [0.717, 1.165) is 30.5 Å². The van der Waals surface area contributed by atoms with Crippen molar-refractivity contribution in [1.29, 1.82) is 0 Å². The Labute approximate surface area is 102 Å². The van der Waals surface area contributed by atoms with Crippen LogP contribution in [0.4, 0.5) is 0 Å². The molecule has 4 nitrogen and oxygen atoms in total. The maximum Gasteiger partial charge on any atom is 0.146 e. The zero-order valence-electron chi connectivity index (χ0n) is 9.30. The summed E-state index contributed by atoms with van der Waals surface area (Å²) < 4.78 is 12.3. The number of para-hydroxylation sites is 2. The Morgan fingerprint density at radius 2 is 2.12 bits per heavy atom. The van der Waals surface area contributed by atoms with Crippen molar-refractivity contribution in [1.82, 2.24) is 15.3 Å². The number of benzene rings is 1. The first-order valence-corrected chi connectivity index (χ1v) is 6.89. The molecular weight excluding hydrogens is 234 g/mol. The standard InChI is InChI=1S/C12H13N3OS/c16-17(9-5-6-13-7-9)12-8-14-10-3-1-2-4-11(10)15-12/h1-4,8-9,13H,5-7H2/t9-,17-/m1/s1. The zero-order valence-corrected chi connectivity index (χ0v) is 10.1. The Balaban J connectivity index is 1.97. The van der Waals surface area contributed by atoms with Gasteiger partial charge in [-0.05, 0) is 25.1 Å². The molecule has 88 valence electrons. The molecule has 1 aliphatic rings. The molecule has 0 amide bonds. The number of fused-ring (bicyclic) bond motifs is 1. The Bertz CT molecular complexity index is 566. The predicted octanol–water partition coefficient (Wildman–Crippen LogP) is 1.10. The Kier molecular flexibility index (Phi) is 2.86. The van der Waals surface area contributed by atoms with Gasteiger partial charge in [-0.2, -0.15) is 0 Å². The Morgan fingerprint density at radius 1 is 1.29 bits per heavy atom. The molecule has 1 fully saturated rings. The minimum Gasteiger partial charge on any atom is -0.315 e. The molecule has 2 aromatic rings. The van der Waals surface area contributed by atoms with Crippen molar-refractivity contribution in [2.24, 2.45) is 0 Å². The maximum absolute atomic E-state index is 12.3. The van der Waals surface area contributed by atoms with Crippen molar-refractivity contribution in [3.05, 3.63) is 30.5 Å². The van der Waals surface area contributed by atoms with Gasteiger partial charge < -0.3 is 5.32 Å². The van der Waals surface area contributed by atoms with Gasteiger partial charge in [-0.15, -0.1) is 0 Å². The van der Waals surface area contributed by atoms with Gasteiger partial charge in [-0.3, -0.25) is 9.19 Å². The van der Waals surface area contributed by atoms with E-state index in [9.17, 15) is 4.21 Å². The zero-order chi connectivity index (χ0) is 11.7. The lowest BCUT2D eigenvalue weighted by molar-refractivity contribution is 0.669. The lowest BCUT2D eigenvalue weighted by Crippen LogP contribution is -2.19. The first-order valence-electron chi connectivity index (χ1n) is 5.68. The van der Waals surface area contributed by atoms with Crippen LogP contribution in [0.5, 0.6) is 0 Å². The summed E-state index contributed by atoms with van der Waals surface area (Å²) in [4.78, 5) is 8.73. The number of nitrogens with zero attached hydrogens (tertiary/aromatic N) is 2. The maximum atomic E-state index is 12.3. The van der Waals surface area contributed by atoms with Crippen LogP contribution >= 0.6 is 0 Å². The molecule has 0 aliphatic carbocycles. The van der Waals surface area contributed by atoms with Crippen molar-refractivity contribution < 1.29 is 4.21 Å². The van der Waals surface area contributed by atoms with E-state index in [2.05, 4.69) is 15.3 Å². The molecule has 0 spiro atoms. The Morgan fingerprint density at radius 3 is 2.88 bits per heavy atom. The SMILES string of the molecule is O=[S@@](c1cnc2ccccc2n1)[C@@H]1CCNC1. The molecule has 2 atom stereocenters. The molecule has 1 aromatic heterocycles. The second kappa shape index (κ2) is 4.50. The molecule has 1 aromatic carbocycles. The largest absolute Gasteiger partial charge is 0.315 e. The smallest absolute Gasteiger partial charge is 0.146 e. The summed E-state index contributed by atoms with van der Waals surface area (Å²) in [6.07, 6.45) is 2.58. The van der Waals surface area contributed by atoms with Crippen LogP contribution in [0.25, 0.3) is 11.0 Å². The predicted molar refractivity (Wildman–Crippen MR) is 67.2 cm³/mol. The van der Waals surface area contributed by atoms with Gasteiger partial charge in [0.2, 0.25) is 0 Å². The van der Waals surface area contributed by atoms with Crippen LogP contribution in [0.1, 0.15) is 6.42 Å². The van der Waals surface area contributed by atoms with Crippen molar-refractivity contribution in [3.63, 3.8) is 0 Å². The molecule has 0 saturated carbocycles. The monoisotopic (exact) mass is 247 g/mol. The van der Waals surface area contributed by atoms with Gasteiger partial charge in [0.25, 0.3) is 0 Å². The van der Waals surface area contributed by atoms with Crippen molar-refractivity contribution in [2.75, 3.05) is 13.1 Å².